The number of nitrogens with zero attached hydrogens (tertiary/aromatic N) is 1. The summed E-state index contributed by atoms with van der Waals surface area (Å²) in [6.45, 7) is 4.07. The number of ether oxygens (including phenoxy) is 2. The number of aryl methyl sites for hydroxylation is 1. The zero-order valence-corrected chi connectivity index (χ0v) is 16.1. The molecule has 132 valence electrons. The van der Waals surface area contributed by atoms with Crippen molar-refractivity contribution in [3.05, 3.63) is 55.1 Å². The van der Waals surface area contributed by atoms with E-state index in [1.807, 2.05) is 6.92 Å². The number of nitro benzene ring substituents is 1. The number of rotatable bonds is 6. The molecular formula is C17H17IN2O5. The molecule has 2 aromatic carbocycles. The van der Waals surface area contributed by atoms with E-state index in [4.69, 9.17) is 9.47 Å². The van der Waals surface area contributed by atoms with Crippen LogP contribution in [-0.2, 0) is 0 Å². The van der Waals surface area contributed by atoms with Crippen LogP contribution in [0.4, 0.5) is 11.4 Å². The first-order valence-corrected chi connectivity index (χ1v) is 8.52. The van der Waals surface area contributed by atoms with Crippen molar-refractivity contribution in [2.45, 2.75) is 13.8 Å². The molecule has 0 saturated carbocycles. The molecule has 2 aromatic rings. The summed E-state index contributed by atoms with van der Waals surface area (Å²) in [5.41, 5.74) is 1.05. The molecule has 8 heteroatoms. The second-order valence-corrected chi connectivity index (χ2v) is 6.32. The zero-order chi connectivity index (χ0) is 18.6. The van der Waals surface area contributed by atoms with Gasteiger partial charge in [0.15, 0.2) is 11.5 Å². The average molecular weight is 456 g/mol. The van der Waals surface area contributed by atoms with E-state index in [9.17, 15) is 14.9 Å². The van der Waals surface area contributed by atoms with Gasteiger partial charge < -0.3 is 14.8 Å². The van der Waals surface area contributed by atoms with Crippen molar-refractivity contribution in [3.8, 4) is 11.5 Å². The Labute approximate surface area is 158 Å². The molecule has 0 saturated heterocycles. The van der Waals surface area contributed by atoms with Crippen LogP contribution in [0.25, 0.3) is 0 Å². The fraction of sp³-hybridized carbons (Fsp3) is 0.235. The molecule has 0 radical (unpaired) electrons. The van der Waals surface area contributed by atoms with Crippen LogP contribution >= 0.6 is 22.6 Å². The average Bonchev–Trinajstić information content (AvgIpc) is 2.57. The lowest BCUT2D eigenvalue weighted by atomic mass is 10.1. The van der Waals surface area contributed by atoms with E-state index in [2.05, 4.69) is 27.9 Å². The van der Waals surface area contributed by atoms with Gasteiger partial charge in [-0.2, -0.15) is 0 Å². The fourth-order valence-electron chi connectivity index (χ4n) is 2.23. The van der Waals surface area contributed by atoms with Crippen molar-refractivity contribution in [3.63, 3.8) is 0 Å². The number of nitro groups is 1. The van der Waals surface area contributed by atoms with E-state index in [1.54, 1.807) is 25.1 Å². The van der Waals surface area contributed by atoms with Gasteiger partial charge in [-0.15, -0.1) is 0 Å². The molecule has 0 fully saturated rings. The third-order valence-corrected chi connectivity index (χ3v) is 4.18. The number of hydrogen-bond donors (Lipinski definition) is 1. The maximum absolute atomic E-state index is 12.5. The first-order valence-electron chi connectivity index (χ1n) is 7.44. The molecule has 0 aliphatic rings. The minimum atomic E-state index is -0.523. The molecule has 1 N–H and O–H groups in total. The number of amides is 1. The second kappa shape index (κ2) is 8.15. The van der Waals surface area contributed by atoms with Crippen LogP contribution in [0, 0.1) is 20.6 Å². The Morgan fingerprint density at radius 2 is 2.04 bits per heavy atom. The summed E-state index contributed by atoms with van der Waals surface area (Å²) >= 11 is 2.05. The van der Waals surface area contributed by atoms with E-state index in [-0.39, 0.29) is 11.4 Å². The monoisotopic (exact) mass is 456 g/mol. The highest BCUT2D eigenvalue weighted by atomic mass is 127. The summed E-state index contributed by atoms with van der Waals surface area (Å²) in [4.78, 5) is 23.2. The van der Waals surface area contributed by atoms with Crippen LogP contribution in [0.2, 0.25) is 0 Å². The summed E-state index contributed by atoms with van der Waals surface area (Å²) in [7, 11) is 1.49. The third kappa shape index (κ3) is 4.38. The first-order chi connectivity index (χ1) is 11.9. The van der Waals surface area contributed by atoms with Crippen molar-refractivity contribution >= 4 is 39.9 Å². The molecule has 7 nitrogen and oxygen atoms in total. The number of benzene rings is 2. The van der Waals surface area contributed by atoms with Crippen molar-refractivity contribution < 1.29 is 19.2 Å². The number of halogens is 1. The van der Waals surface area contributed by atoms with Crippen LogP contribution in [0.1, 0.15) is 22.8 Å². The van der Waals surface area contributed by atoms with Crippen LogP contribution < -0.4 is 14.8 Å². The van der Waals surface area contributed by atoms with Crippen LogP contribution in [-0.4, -0.2) is 24.5 Å². The summed E-state index contributed by atoms with van der Waals surface area (Å²) in [6.07, 6.45) is 0. The molecule has 0 spiro atoms. The van der Waals surface area contributed by atoms with Gasteiger partial charge in [0, 0.05) is 11.6 Å². The predicted molar refractivity (Wildman–Crippen MR) is 103 cm³/mol. The minimum absolute atomic E-state index is 0.142. The maximum atomic E-state index is 12.5. The Bertz CT molecular complexity index is 823. The molecule has 0 unspecified atom stereocenters. The molecule has 25 heavy (non-hydrogen) atoms. The number of carbonyl (C=O) groups excluding carboxylic acids is 1. The van der Waals surface area contributed by atoms with Gasteiger partial charge in [-0.3, -0.25) is 14.9 Å². The lowest BCUT2D eigenvalue weighted by Gasteiger charge is -2.13. The number of hydrogen-bond acceptors (Lipinski definition) is 5. The predicted octanol–water partition coefficient (Wildman–Crippen LogP) is 4.17. The number of anilines is 1. The Hall–Kier alpha value is -2.36. The highest BCUT2D eigenvalue weighted by Crippen LogP contribution is 2.34. The van der Waals surface area contributed by atoms with Gasteiger partial charge in [-0.25, -0.2) is 0 Å². The van der Waals surface area contributed by atoms with Gasteiger partial charge in [0.2, 0.25) is 0 Å². The lowest BCUT2D eigenvalue weighted by molar-refractivity contribution is -0.384. The van der Waals surface area contributed by atoms with Crippen molar-refractivity contribution in [1.82, 2.24) is 0 Å². The minimum Gasteiger partial charge on any atom is -0.493 e. The third-order valence-electron chi connectivity index (χ3n) is 3.38. The Morgan fingerprint density at radius 1 is 1.32 bits per heavy atom. The maximum Gasteiger partial charge on any atom is 0.293 e. The summed E-state index contributed by atoms with van der Waals surface area (Å²) < 4.78 is 11.5. The van der Waals surface area contributed by atoms with E-state index in [0.717, 1.165) is 5.56 Å². The summed E-state index contributed by atoms with van der Waals surface area (Å²) in [5.74, 6) is 0.520. The van der Waals surface area contributed by atoms with E-state index >= 15 is 0 Å². The van der Waals surface area contributed by atoms with E-state index in [0.29, 0.717) is 27.2 Å². The van der Waals surface area contributed by atoms with E-state index < -0.39 is 10.8 Å². The Kier molecular flexibility index (Phi) is 6.18. The standard InChI is InChI=1S/C17H17IN2O5/c1-4-25-16-12(18)8-11(9-15(16)24-3)17(21)19-13-6-5-10(2)7-14(13)20(22)23/h5-9H,4H2,1-3H3,(H,19,21). The number of carbonyl (C=O) groups is 1. The number of methoxy groups -OCH3 is 1. The SMILES string of the molecule is CCOc1c(I)cc(C(=O)Nc2ccc(C)cc2[N+](=O)[O-])cc1OC. The molecule has 1 amide bonds. The Balaban J connectivity index is 2.36. The fourth-order valence-corrected chi connectivity index (χ4v) is 2.99. The molecule has 0 aliphatic carbocycles. The number of nitrogens with one attached hydrogen (secondary N) is 1. The van der Waals surface area contributed by atoms with Gasteiger partial charge in [-0.1, -0.05) is 6.07 Å². The van der Waals surface area contributed by atoms with Gasteiger partial charge >= 0.3 is 0 Å². The quantitative estimate of drug-likeness (QED) is 0.401. The molecular weight excluding hydrogens is 439 g/mol. The highest BCUT2D eigenvalue weighted by molar-refractivity contribution is 14.1. The van der Waals surface area contributed by atoms with Crippen LogP contribution in [0.15, 0.2) is 30.3 Å². The van der Waals surface area contributed by atoms with Crippen LogP contribution in [0.5, 0.6) is 11.5 Å². The smallest absolute Gasteiger partial charge is 0.293 e. The summed E-state index contributed by atoms with van der Waals surface area (Å²) in [6, 6.07) is 7.82. The van der Waals surface area contributed by atoms with Crippen LogP contribution in [0.3, 0.4) is 0 Å². The normalized spacial score (nSPS) is 10.2. The van der Waals surface area contributed by atoms with Crippen molar-refractivity contribution in [2.75, 3.05) is 19.0 Å². The molecule has 0 heterocycles. The van der Waals surface area contributed by atoms with Gasteiger partial charge in [-0.05, 0) is 60.2 Å². The molecule has 0 bridgehead atoms. The highest BCUT2D eigenvalue weighted by Gasteiger charge is 2.19. The Morgan fingerprint density at radius 3 is 2.64 bits per heavy atom. The molecule has 0 aromatic heterocycles. The van der Waals surface area contributed by atoms with Crippen molar-refractivity contribution in [2.24, 2.45) is 0 Å². The van der Waals surface area contributed by atoms with E-state index in [1.165, 1.54) is 19.2 Å². The molecule has 0 aliphatic heterocycles. The second-order valence-electron chi connectivity index (χ2n) is 5.15. The molecule has 0 atom stereocenters. The summed E-state index contributed by atoms with van der Waals surface area (Å²) in [5, 5.41) is 13.8. The van der Waals surface area contributed by atoms with Gasteiger partial charge in [0.05, 0.1) is 22.2 Å². The molecule has 2 rings (SSSR count). The zero-order valence-electron chi connectivity index (χ0n) is 14.0. The van der Waals surface area contributed by atoms with Gasteiger partial charge in [0.25, 0.3) is 11.6 Å². The lowest BCUT2D eigenvalue weighted by Crippen LogP contribution is -2.14. The first kappa shape index (κ1) is 19.0. The van der Waals surface area contributed by atoms with Gasteiger partial charge in [0.1, 0.15) is 5.69 Å². The van der Waals surface area contributed by atoms with Crippen molar-refractivity contribution in [1.29, 1.82) is 0 Å². The largest absolute Gasteiger partial charge is 0.493 e. The topological polar surface area (TPSA) is 90.7 Å².